The van der Waals surface area contributed by atoms with Crippen molar-refractivity contribution in [1.82, 2.24) is 10.2 Å². The maximum atomic E-state index is 3.17. The van der Waals surface area contributed by atoms with Gasteiger partial charge >= 0.3 is 0 Å². The maximum absolute atomic E-state index is 3.17. The molecule has 0 bridgehead atoms. The second-order valence-corrected chi connectivity index (χ2v) is 4.00. The summed E-state index contributed by atoms with van der Waals surface area (Å²) >= 11 is 0. The molecule has 2 heteroatoms. The Hall–Kier alpha value is -0.860. The predicted molar refractivity (Wildman–Crippen MR) is 66.2 cm³/mol. The lowest BCUT2D eigenvalue weighted by atomic mass is 10.1. The van der Waals surface area contributed by atoms with Crippen molar-refractivity contribution in [3.05, 3.63) is 35.9 Å². The average Bonchev–Trinajstić information content (AvgIpc) is 2.28. The summed E-state index contributed by atoms with van der Waals surface area (Å²) < 4.78 is 0. The van der Waals surface area contributed by atoms with Crippen LogP contribution >= 0.6 is 0 Å². The SMILES string of the molecule is CNCCN(C)CCCc1ccccc1. The van der Waals surface area contributed by atoms with Gasteiger partial charge in [0, 0.05) is 13.1 Å². The van der Waals surface area contributed by atoms with Crippen molar-refractivity contribution < 1.29 is 0 Å². The molecule has 0 aliphatic carbocycles. The summed E-state index contributed by atoms with van der Waals surface area (Å²) in [5, 5.41) is 3.17. The second kappa shape index (κ2) is 7.43. The minimum absolute atomic E-state index is 1.07. The van der Waals surface area contributed by atoms with Crippen LogP contribution in [0.25, 0.3) is 0 Å². The highest BCUT2D eigenvalue weighted by Gasteiger charge is 1.97. The lowest BCUT2D eigenvalue weighted by Gasteiger charge is -2.15. The van der Waals surface area contributed by atoms with E-state index in [1.165, 1.54) is 24.9 Å². The first-order valence-electron chi connectivity index (χ1n) is 5.70. The molecule has 0 aliphatic heterocycles. The molecule has 0 heterocycles. The minimum Gasteiger partial charge on any atom is -0.318 e. The predicted octanol–water partition coefficient (Wildman–Crippen LogP) is 1.77. The fourth-order valence-electron chi connectivity index (χ4n) is 1.61. The van der Waals surface area contributed by atoms with Crippen molar-refractivity contribution in [1.29, 1.82) is 0 Å². The van der Waals surface area contributed by atoms with Gasteiger partial charge in [0.2, 0.25) is 0 Å². The monoisotopic (exact) mass is 206 g/mol. The first kappa shape index (κ1) is 12.2. The number of nitrogens with zero attached hydrogens (tertiary/aromatic N) is 1. The number of aryl methyl sites for hydroxylation is 1. The maximum Gasteiger partial charge on any atom is 0.0104 e. The van der Waals surface area contributed by atoms with E-state index in [9.17, 15) is 0 Å². The van der Waals surface area contributed by atoms with Gasteiger partial charge in [-0.05, 0) is 39.0 Å². The van der Waals surface area contributed by atoms with E-state index in [1.54, 1.807) is 0 Å². The van der Waals surface area contributed by atoms with Crippen molar-refractivity contribution >= 4 is 0 Å². The molecular formula is C13H22N2. The Morgan fingerprint density at radius 3 is 2.53 bits per heavy atom. The average molecular weight is 206 g/mol. The third-order valence-electron chi connectivity index (χ3n) is 2.59. The van der Waals surface area contributed by atoms with E-state index in [2.05, 4.69) is 47.6 Å². The van der Waals surface area contributed by atoms with E-state index in [0.29, 0.717) is 0 Å². The number of likely N-dealkylation sites (N-methyl/N-ethyl adjacent to an activating group) is 2. The van der Waals surface area contributed by atoms with Gasteiger partial charge < -0.3 is 10.2 Å². The Labute approximate surface area is 93.3 Å². The third kappa shape index (κ3) is 5.55. The first-order chi connectivity index (χ1) is 7.33. The van der Waals surface area contributed by atoms with Gasteiger partial charge in [0.15, 0.2) is 0 Å². The van der Waals surface area contributed by atoms with Crippen LogP contribution in [0.2, 0.25) is 0 Å². The number of nitrogens with one attached hydrogen (secondary N) is 1. The summed E-state index contributed by atoms with van der Waals surface area (Å²) in [5.74, 6) is 0. The van der Waals surface area contributed by atoms with E-state index in [0.717, 1.165) is 13.1 Å². The highest BCUT2D eigenvalue weighted by Crippen LogP contribution is 2.02. The molecule has 84 valence electrons. The molecule has 1 aromatic carbocycles. The van der Waals surface area contributed by atoms with Crippen LogP contribution in [0.5, 0.6) is 0 Å². The minimum atomic E-state index is 1.07. The summed E-state index contributed by atoms with van der Waals surface area (Å²) in [7, 11) is 4.18. The fraction of sp³-hybridized carbons (Fsp3) is 0.538. The first-order valence-corrected chi connectivity index (χ1v) is 5.70. The van der Waals surface area contributed by atoms with Gasteiger partial charge in [-0.3, -0.25) is 0 Å². The molecule has 0 spiro atoms. The van der Waals surface area contributed by atoms with Crippen LogP contribution in [0.15, 0.2) is 30.3 Å². The van der Waals surface area contributed by atoms with Crippen LogP contribution < -0.4 is 5.32 Å². The third-order valence-corrected chi connectivity index (χ3v) is 2.59. The van der Waals surface area contributed by atoms with Crippen molar-refractivity contribution in [2.75, 3.05) is 33.7 Å². The molecule has 2 nitrogen and oxygen atoms in total. The Balaban J connectivity index is 2.11. The lowest BCUT2D eigenvalue weighted by molar-refractivity contribution is 0.331. The molecule has 1 rings (SSSR count). The van der Waals surface area contributed by atoms with Crippen molar-refractivity contribution in [3.63, 3.8) is 0 Å². The summed E-state index contributed by atoms with van der Waals surface area (Å²) in [4.78, 5) is 2.37. The summed E-state index contributed by atoms with van der Waals surface area (Å²) in [6.45, 7) is 3.38. The van der Waals surface area contributed by atoms with E-state index < -0.39 is 0 Å². The molecule has 15 heavy (non-hydrogen) atoms. The highest BCUT2D eigenvalue weighted by atomic mass is 15.1. The standard InChI is InChI=1S/C13H22N2/c1-14-10-12-15(2)11-6-9-13-7-4-3-5-8-13/h3-5,7-8,14H,6,9-12H2,1-2H3. The van der Waals surface area contributed by atoms with Crippen LogP contribution in [-0.2, 0) is 6.42 Å². The molecule has 0 atom stereocenters. The van der Waals surface area contributed by atoms with Crippen LogP contribution in [0.1, 0.15) is 12.0 Å². The zero-order valence-corrected chi connectivity index (χ0v) is 9.87. The van der Waals surface area contributed by atoms with Crippen LogP contribution in [-0.4, -0.2) is 38.6 Å². The lowest BCUT2D eigenvalue weighted by Crippen LogP contribution is -2.28. The van der Waals surface area contributed by atoms with Gasteiger partial charge in [-0.1, -0.05) is 30.3 Å². The normalized spacial score (nSPS) is 10.9. The number of hydrogen-bond acceptors (Lipinski definition) is 2. The van der Waals surface area contributed by atoms with Gasteiger partial charge in [-0.25, -0.2) is 0 Å². The largest absolute Gasteiger partial charge is 0.318 e. The molecule has 1 aromatic rings. The molecule has 0 unspecified atom stereocenters. The molecule has 0 amide bonds. The smallest absolute Gasteiger partial charge is 0.0104 e. The Bertz CT molecular complexity index is 246. The van der Waals surface area contributed by atoms with E-state index in [4.69, 9.17) is 0 Å². The number of hydrogen-bond donors (Lipinski definition) is 1. The van der Waals surface area contributed by atoms with Crippen LogP contribution in [0.4, 0.5) is 0 Å². The zero-order valence-electron chi connectivity index (χ0n) is 9.87. The molecule has 0 radical (unpaired) electrons. The Kier molecular flexibility index (Phi) is 6.05. The molecule has 0 fully saturated rings. The zero-order chi connectivity index (χ0) is 10.9. The van der Waals surface area contributed by atoms with Crippen molar-refractivity contribution in [3.8, 4) is 0 Å². The molecule has 0 aliphatic rings. The van der Waals surface area contributed by atoms with Gasteiger partial charge in [-0.15, -0.1) is 0 Å². The highest BCUT2D eigenvalue weighted by molar-refractivity contribution is 5.14. The fourth-order valence-corrected chi connectivity index (χ4v) is 1.61. The Morgan fingerprint density at radius 2 is 1.87 bits per heavy atom. The molecule has 0 saturated carbocycles. The molecule has 0 aromatic heterocycles. The summed E-state index contributed by atoms with van der Waals surface area (Å²) in [6.07, 6.45) is 2.43. The van der Waals surface area contributed by atoms with E-state index in [-0.39, 0.29) is 0 Å². The second-order valence-electron chi connectivity index (χ2n) is 4.00. The number of rotatable bonds is 7. The van der Waals surface area contributed by atoms with E-state index in [1.807, 2.05) is 7.05 Å². The molecule has 0 saturated heterocycles. The quantitative estimate of drug-likeness (QED) is 0.731. The van der Waals surface area contributed by atoms with Crippen LogP contribution in [0, 0.1) is 0 Å². The van der Waals surface area contributed by atoms with Crippen molar-refractivity contribution in [2.45, 2.75) is 12.8 Å². The summed E-state index contributed by atoms with van der Waals surface area (Å²) in [5.41, 5.74) is 1.44. The summed E-state index contributed by atoms with van der Waals surface area (Å²) in [6, 6.07) is 10.7. The van der Waals surface area contributed by atoms with Crippen molar-refractivity contribution in [2.24, 2.45) is 0 Å². The Morgan fingerprint density at radius 1 is 1.13 bits per heavy atom. The van der Waals surface area contributed by atoms with Gasteiger partial charge in [0.05, 0.1) is 0 Å². The van der Waals surface area contributed by atoms with Gasteiger partial charge in [0.25, 0.3) is 0 Å². The molecule has 1 N–H and O–H groups in total. The molecular weight excluding hydrogens is 184 g/mol. The van der Waals surface area contributed by atoms with Gasteiger partial charge in [0.1, 0.15) is 0 Å². The van der Waals surface area contributed by atoms with E-state index >= 15 is 0 Å². The number of benzene rings is 1. The topological polar surface area (TPSA) is 15.3 Å². The van der Waals surface area contributed by atoms with Crippen LogP contribution in [0.3, 0.4) is 0 Å². The van der Waals surface area contributed by atoms with Gasteiger partial charge in [-0.2, -0.15) is 0 Å².